The third-order valence-electron chi connectivity index (χ3n) is 3.37. The van der Waals surface area contributed by atoms with Gasteiger partial charge in [-0.1, -0.05) is 12.1 Å². The lowest BCUT2D eigenvalue weighted by Crippen LogP contribution is -2.31. The van der Waals surface area contributed by atoms with E-state index in [1.165, 1.54) is 19.2 Å². The van der Waals surface area contributed by atoms with Gasteiger partial charge >= 0.3 is 6.03 Å². The molecule has 1 atom stereocenters. The third kappa shape index (κ3) is 4.35. The Labute approximate surface area is 134 Å². The molecule has 0 aliphatic carbocycles. The number of nitrogens with one attached hydrogen (secondary N) is 2. The molecule has 0 unspecified atom stereocenters. The zero-order valence-electron chi connectivity index (χ0n) is 13.2. The van der Waals surface area contributed by atoms with Crippen LogP contribution < -0.4 is 20.1 Å². The molecule has 23 heavy (non-hydrogen) atoms. The number of rotatable bonds is 5. The molecule has 5 nitrogen and oxygen atoms in total. The first-order valence-electron chi connectivity index (χ1n) is 7.08. The second kappa shape index (κ2) is 7.49. The van der Waals surface area contributed by atoms with Gasteiger partial charge in [0.1, 0.15) is 17.3 Å². The second-order valence-electron chi connectivity index (χ2n) is 4.94. The van der Waals surface area contributed by atoms with E-state index < -0.39 is 0 Å². The van der Waals surface area contributed by atoms with Crippen molar-refractivity contribution in [2.24, 2.45) is 0 Å². The molecule has 0 aromatic heterocycles. The lowest BCUT2D eigenvalue weighted by atomic mass is 10.1. The van der Waals surface area contributed by atoms with Gasteiger partial charge in [0.05, 0.1) is 25.9 Å². The van der Waals surface area contributed by atoms with Crippen LogP contribution in [0.5, 0.6) is 11.5 Å². The van der Waals surface area contributed by atoms with E-state index in [1.807, 2.05) is 6.92 Å². The predicted molar refractivity (Wildman–Crippen MR) is 86.5 cm³/mol. The highest BCUT2D eigenvalue weighted by Gasteiger charge is 2.12. The number of carbonyl (C=O) groups excluding carboxylic acids is 1. The minimum absolute atomic E-state index is 0.264. The van der Waals surface area contributed by atoms with E-state index in [0.29, 0.717) is 17.2 Å². The van der Waals surface area contributed by atoms with Crippen molar-refractivity contribution in [1.29, 1.82) is 0 Å². The average molecular weight is 318 g/mol. The van der Waals surface area contributed by atoms with E-state index in [1.54, 1.807) is 37.4 Å². The molecule has 2 aromatic carbocycles. The Kier molecular flexibility index (Phi) is 5.41. The van der Waals surface area contributed by atoms with Crippen molar-refractivity contribution in [1.82, 2.24) is 5.32 Å². The summed E-state index contributed by atoms with van der Waals surface area (Å²) in [6, 6.07) is 10.4. The van der Waals surface area contributed by atoms with Gasteiger partial charge in [-0.05, 0) is 36.8 Å². The Balaban J connectivity index is 2.03. The lowest BCUT2D eigenvalue weighted by Gasteiger charge is -2.16. The van der Waals surface area contributed by atoms with Crippen LogP contribution in [0.1, 0.15) is 18.5 Å². The molecule has 0 spiro atoms. The third-order valence-corrected chi connectivity index (χ3v) is 3.37. The fourth-order valence-corrected chi connectivity index (χ4v) is 2.09. The van der Waals surface area contributed by atoms with Crippen molar-refractivity contribution in [3.63, 3.8) is 0 Å². The van der Waals surface area contributed by atoms with E-state index in [2.05, 4.69) is 10.6 Å². The van der Waals surface area contributed by atoms with E-state index in [4.69, 9.17) is 9.47 Å². The average Bonchev–Trinajstić information content (AvgIpc) is 2.55. The molecule has 0 bridgehead atoms. The molecule has 0 heterocycles. The Bertz CT molecular complexity index is 674. The normalized spacial score (nSPS) is 11.5. The number of hydrogen-bond acceptors (Lipinski definition) is 3. The molecule has 0 fully saturated rings. The predicted octanol–water partition coefficient (Wildman–Crippen LogP) is 3.73. The van der Waals surface area contributed by atoms with Gasteiger partial charge in [0.15, 0.2) is 0 Å². The number of hydrogen-bond donors (Lipinski definition) is 2. The number of halogens is 1. The quantitative estimate of drug-likeness (QED) is 0.883. The van der Waals surface area contributed by atoms with Gasteiger partial charge in [0.25, 0.3) is 0 Å². The molecule has 2 amide bonds. The maximum absolute atomic E-state index is 12.9. The van der Waals surface area contributed by atoms with Crippen LogP contribution in [0.25, 0.3) is 0 Å². The summed E-state index contributed by atoms with van der Waals surface area (Å²) in [6.45, 7) is 1.82. The first kappa shape index (κ1) is 16.6. The summed E-state index contributed by atoms with van der Waals surface area (Å²) in [5.74, 6) is 0.815. The minimum atomic E-state index is -0.384. The molecular weight excluding hydrogens is 299 g/mol. The van der Waals surface area contributed by atoms with Crippen LogP contribution in [0.4, 0.5) is 14.9 Å². The minimum Gasteiger partial charge on any atom is -0.497 e. The maximum Gasteiger partial charge on any atom is 0.319 e. The van der Waals surface area contributed by atoms with Crippen LogP contribution >= 0.6 is 0 Å². The summed E-state index contributed by atoms with van der Waals surface area (Å²) in [4.78, 5) is 12.1. The first-order valence-corrected chi connectivity index (χ1v) is 7.08. The number of urea groups is 1. The van der Waals surface area contributed by atoms with Gasteiger partial charge in [-0.25, -0.2) is 9.18 Å². The van der Waals surface area contributed by atoms with Gasteiger partial charge in [-0.15, -0.1) is 0 Å². The fourth-order valence-electron chi connectivity index (χ4n) is 2.09. The van der Waals surface area contributed by atoms with Crippen LogP contribution in [0.15, 0.2) is 42.5 Å². The van der Waals surface area contributed by atoms with Gasteiger partial charge in [-0.3, -0.25) is 0 Å². The molecule has 2 N–H and O–H groups in total. The zero-order valence-corrected chi connectivity index (χ0v) is 13.2. The van der Waals surface area contributed by atoms with E-state index in [0.717, 1.165) is 5.56 Å². The van der Waals surface area contributed by atoms with Crippen molar-refractivity contribution in [3.8, 4) is 11.5 Å². The van der Waals surface area contributed by atoms with Crippen molar-refractivity contribution >= 4 is 11.7 Å². The van der Waals surface area contributed by atoms with E-state index >= 15 is 0 Å². The van der Waals surface area contributed by atoms with Crippen molar-refractivity contribution in [2.75, 3.05) is 19.5 Å². The molecule has 2 aromatic rings. The number of anilines is 1. The van der Waals surface area contributed by atoms with Gasteiger partial charge in [-0.2, -0.15) is 0 Å². The zero-order chi connectivity index (χ0) is 16.8. The highest BCUT2D eigenvalue weighted by atomic mass is 19.1. The number of carbonyl (C=O) groups is 1. The Morgan fingerprint density at radius 3 is 2.39 bits per heavy atom. The molecule has 0 aliphatic rings. The Morgan fingerprint density at radius 1 is 1.09 bits per heavy atom. The summed E-state index contributed by atoms with van der Waals surface area (Å²) in [5, 5.41) is 5.50. The molecule has 6 heteroatoms. The first-order chi connectivity index (χ1) is 11.0. The molecular formula is C17H19FN2O3. The van der Waals surface area contributed by atoms with E-state index in [9.17, 15) is 9.18 Å². The Hall–Kier alpha value is -2.76. The van der Waals surface area contributed by atoms with Crippen molar-refractivity contribution in [2.45, 2.75) is 13.0 Å². The highest BCUT2D eigenvalue weighted by Crippen LogP contribution is 2.29. The SMILES string of the molecule is COc1ccc(NC(=O)N[C@H](C)c2ccc(F)cc2)c(OC)c1. The monoisotopic (exact) mass is 318 g/mol. The molecule has 0 aliphatic heterocycles. The molecule has 0 radical (unpaired) electrons. The number of ether oxygens (including phenoxy) is 2. The summed E-state index contributed by atoms with van der Waals surface area (Å²) in [6.07, 6.45) is 0. The van der Waals surface area contributed by atoms with Crippen LogP contribution in [0.2, 0.25) is 0 Å². The largest absolute Gasteiger partial charge is 0.497 e. The van der Waals surface area contributed by atoms with Crippen molar-refractivity contribution in [3.05, 3.63) is 53.8 Å². The smallest absolute Gasteiger partial charge is 0.319 e. The number of amides is 2. The second-order valence-corrected chi connectivity index (χ2v) is 4.94. The van der Waals surface area contributed by atoms with Gasteiger partial charge < -0.3 is 20.1 Å². The fraction of sp³-hybridized carbons (Fsp3) is 0.235. The van der Waals surface area contributed by atoms with Crippen LogP contribution in [-0.4, -0.2) is 20.3 Å². The standard InChI is InChI=1S/C17H19FN2O3/c1-11(12-4-6-13(18)7-5-12)19-17(21)20-15-9-8-14(22-2)10-16(15)23-3/h4-11H,1-3H3,(H2,19,20,21)/t11-/m1/s1. The highest BCUT2D eigenvalue weighted by molar-refractivity contribution is 5.91. The number of benzene rings is 2. The summed E-state index contributed by atoms with van der Waals surface area (Å²) in [5.41, 5.74) is 1.33. The topological polar surface area (TPSA) is 59.6 Å². The lowest BCUT2D eigenvalue weighted by molar-refractivity contribution is 0.249. The molecule has 0 saturated carbocycles. The van der Waals surface area contributed by atoms with Crippen LogP contribution in [0.3, 0.4) is 0 Å². The van der Waals surface area contributed by atoms with Crippen LogP contribution in [0, 0.1) is 5.82 Å². The molecule has 2 rings (SSSR count). The van der Waals surface area contributed by atoms with Gasteiger partial charge in [0, 0.05) is 6.07 Å². The summed E-state index contributed by atoms with van der Waals surface area (Å²) in [7, 11) is 3.07. The molecule has 122 valence electrons. The van der Waals surface area contributed by atoms with Gasteiger partial charge in [0.2, 0.25) is 0 Å². The Morgan fingerprint density at radius 2 is 1.78 bits per heavy atom. The number of methoxy groups -OCH3 is 2. The molecule has 0 saturated heterocycles. The van der Waals surface area contributed by atoms with E-state index in [-0.39, 0.29) is 17.9 Å². The summed E-state index contributed by atoms with van der Waals surface area (Å²) < 4.78 is 23.3. The van der Waals surface area contributed by atoms with Crippen LogP contribution in [-0.2, 0) is 0 Å². The maximum atomic E-state index is 12.9. The summed E-state index contributed by atoms with van der Waals surface area (Å²) >= 11 is 0. The van der Waals surface area contributed by atoms with Crippen molar-refractivity contribution < 1.29 is 18.7 Å².